The van der Waals surface area contributed by atoms with E-state index in [1.807, 2.05) is 13.8 Å². The fourth-order valence-electron chi connectivity index (χ4n) is 2.47. The number of hydrogen-bond acceptors (Lipinski definition) is 5. The molecule has 0 atom stereocenters. The van der Waals surface area contributed by atoms with Crippen molar-refractivity contribution < 1.29 is 12.8 Å². The lowest BCUT2D eigenvalue weighted by Gasteiger charge is -2.20. The largest absolute Gasteiger partial charge is 0.443 e. The van der Waals surface area contributed by atoms with Gasteiger partial charge in [-0.1, -0.05) is 13.8 Å². The number of oxazole rings is 1. The maximum atomic E-state index is 12.6. The highest BCUT2D eigenvalue weighted by atomic mass is 32.2. The molecular formula is C16H26N4O3S. The molecule has 2 aromatic rings. The molecule has 0 bridgehead atoms. The first-order valence-corrected chi connectivity index (χ1v) is 9.41. The summed E-state index contributed by atoms with van der Waals surface area (Å²) < 4.78 is 35.3. The highest BCUT2D eigenvalue weighted by Gasteiger charge is 2.28. The molecule has 7 nitrogen and oxygen atoms in total. The number of hydrogen-bond donors (Lipinski definition) is 1. The molecule has 0 saturated carbocycles. The first-order chi connectivity index (χ1) is 10.9. The maximum Gasteiger partial charge on any atom is 0.244 e. The van der Waals surface area contributed by atoms with Gasteiger partial charge in [0.15, 0.2) is 0 Å². The quantitative estimate of drug-likeness (QED) is 0.891. The smallest absolute Gasteiger partial charge is 0.244 e. The summed E-state index contributed by atoms with van der Waals surface area (Å²) >= 11 is 0. The van der Waals surface area contributed by atoms with E-state index in [2.05, 4.69) is 14.8 Å². The number of aryl methyl sites for hydroxylation is 1. The zero-order valence-corrected chi connectivity index (χ0v) is 16.2. The van der Waals surface area contributed by atoms with E-state index in [-0.39, 0.29) is 10.8 Å². The van der Waals surface area contributed by atoms with Gasteiger partial charge >= 0.3 is 0 Å². The maximum absolute atomic E-state index is 12.6. The van der Waals surface area contributed by atoms with Gasteiger partial charge in [0, 0.05) is 11.5 Å². The Morgan fingerprint density at radius 2 is 1.92 bits per heavy atom. The molecule has 0 unspecified atom stereocenters. The number of aromatic nitrogens is 3. The van der Waals surface area contributed by atoms with E-state index in [0.29, 0.717) is 23.8 Å². The van der Waals surface area contributed by atoms with Gasteiger partial charge in [-0.05, 0) is 34.6 Å². The number of sulfonamides is 1. The highest BCUT2D eigenvalue weighted by molar-refractivity contribution is 7.89. The summed E-state index contributed by atoms with van der Waals surface area (Å²) in [6, 6.07) is 0. The van der Waals surface area contributed by atoms with Crippen LogP contribution in [0.1, 0.15) is 63.6 Å². The SMILES string of the molecule is Cc1nn(Cc2ncc(C(C)C)o2)c(C)c1S(=O)(=O)NC(C)(C)C. The molecule has 24 heavy (non-hydrogen) atoms. The molecule has 0 saturated heterocycles. The van der Waals surface area contributed by atoms with Crippen LogP contribution < -0.4 is 4.72 Å². The molecular weight excluding hydrogens is 328 g/mol. The van der Waals surface area contributed by atoms with Crippen LogP contribution in [0.15, 0.2) is 15.5 Å². The van der Waals surface area contributed by atoms with Crippen LogP contribution in [0.25, 0.3) is 0 Å². The standard InChI is InChI=1S/C16H26N4O3S/c1-10(2)13-8-17-14(23-13)9-20-12(4)15(11(3)18-20)24(21,22)19-16(5,6)7/h8,10,19H,9H2,1-7H3. The van der Waals surface area contributed by atoms with Crippen molar-refractivity contribution in [2.75, 3.05) is 0 Å². The third-order valence-electron chi connectivity index (χ3n) is 3.45. The zero-order valence-electron chi connectivity index (χ0n) is 15.3. The van der Waals surface area contributed by atoms with E-state index >= 15 is 0 Å². The van der Waals surface area contributed by atoms with Crippen LogP contribution >= 0.6 is 0 Å². The van der Waals surface area contributed by atoms with Crippen molar-refractivity contribution in [1.82, 2.24) is 19.5 Å². The average molecular weight is 354 g/mol. The van der Waals surface area contributed by atoms with Crippen molar-refractivity contribution in [3.63, 3.8) is 0 Å². The highest BCUT2D eigenvalue weighted by Crippen LogP contribution is 2.22. The fourth-order valence-corrected chi connectivity index (χ4v) is 4.30. The molecule has 8 heteroatoms. The van der Waals surface area contributed by atoms with Crippen molar-refractivity contribution in [3.05, 3.63) is 29.2 Å². The van der Waals surface area contributed by atoms with Gasteiger partial charge in [0.25, 0.3) is 0 Å². The Labute approximate surface area is 143 Å². The predicted octanol–water partition coefficient (Wildman–Crippen LogP) is 2.74. The van der Waals surface area contributed by atoms with E-state index in [9.17, 15) is 8.42 Å². The summed E-state index contributed by atoms with van der Waals surface area (Å²) in [6.07, 6.45) is 1.70. The summed E-state index contributed by atoms with van der Waals surface area (Å²) in [4.78, 5) is 4.46. The van der Waals surface area contributed by atoms with Gasteiger partial charge < -0.3 is 4.42 Å². The topological polar surface area (TPSA) is 90.0 Å². The number of rotatable bonds is 5. The molecule has 134 valence electrons. The minimum absolute atomic E-state index is 0.216. The lowest BCUT2D eigenvalue weighted by molar-refractivity contribution is 0.418. The van der Waals surface area contributed by atoms with Gasteiger partial charge in [-0.3, -0.25) is 4.68 Å². The van der Waals surface area contributed by atoms with E-state index in [0.717, 1.165) is 5.76 Å². The molecule has 2 aromatic heterocycles. The van der Waals surface area contributed by atoms with E-state index in [1.54, 1.807) is 45.5 Å². The Kier molecular flexibility index (Phi) is 4.92. The van der Waals surface area contributed by atoms with Crippen molar-refractivity contribution >= 4 is 10.0 Å². The normalized spacial score (nSPS) is 13.0. The number of nitrogens with zero attached hydrogens (tertiary/aromatic N) is 3. The second-order valence-electron chi connectivity index (χ2n) is 7.32. The predicted molar refractivity (Wildman–Crippen MR) is 91.5 cm³/mol. The second kappa shape index (κ2) is 6.33. The Hall–Kier alpha value is -1.67. The van der Waals surface area contributed by atoms with Gasteiger partial charge in [0.1, 0.15) is 17.2 Å². The van der Waals surface area contributed by atoms with Crippen molar-refractivity contribution in [2.24, 2.45) is 0 Å². The average Bonchev–Trinajstić information content (AvgIpc) is 2.93. The molecule has 0 aromatic carbocycles. The van der Waals surface area contributed by atoms with Crippen molar-refractivity contribution in [3.8, 4) is 0 Å². The van der Waals surface area contributed by atoms with E-state index in [1.165, 1.54) is 0 Å². The summed E-state index contributed by atoms with van der Waals surface area (Å²) in [5.74, 6) is 1.56. The van der Waals surface area contributed by atoms with Gasteiger partial charge in [-0.25, -0.2) is 18.1 Å². The van der Waals surface area contributed by atoms with Crippen LogP contribution in [-0.4, -0.2) is 28.7 Å². The Bertz CT molecular complexity index is 826. The lowest BCUT2D eigenvalue weighted by atomic mass is 10.1. The van der Waals surface area contributed by atoms with Crippen molar-refractivity contribution in [1.29, 1.82) is 0 Å². The van der Waals surface area contributed by atoms with Gasteiger partial charge in [0.2, 0.25) is 15.9 Å². The molecule has 0 aliphatic rings. The van der Waals surface area contributed by atoms with Crippen molar-refractivity contribution in [2.45, 2.75) is 71.4 Å². The number of nitrogens with one attached hydrogen (secondary N) is 1. The summed E-state index contributed by atoms with van der Waals surface area (Å²) in [5, 5.41) is 4.35. The summed E-state index contributed by atoms with van der Waals surface area (Å²) in [6.45, 7) is 13.2. The van der Waals surface area contributed by atoms with Gasteiger partial charge in [-0.2, -0.15) is 5.10 Å². The van der Waals surface area contributed by atoms with Crippen LogP contribution in [0.4, 0.5) is 0 Å². The van der Waals surface area contributed by atoms with Crippen LogP contribution in [0, 0.1) is 13.8 Å². The van der Waals surface area contributed by atoms with E-state index < -0.39 is 15.6 Å². The van der Waals surface area contributed by atoms with Gasteiger partial charge in [-0.15, -0.1) is 0 Å². The summed E-state index contributed by atoms with van der Waals surface area (Å²) in [7, 11) is -3.64. The Morgan fingerprint density at radius 1 is 1.29 bits per heavy atom. The first kappa shape index (κ1) is 18.7. The molecule has 0 aliphatic heterocycles. The van der Waals surface area contributed by atoms with E-state index in [4.69, 9.17) is 4.42 Å². The van der Waals surface area contributed by atoms with Crippen LogP contribution in [0.3, 0.4) is 0 Å². The van der Waals surface area contributed by atoms with Crippen LogP contribution in [0.5, 0.6) is 0 Å². The third-order valence-corrected chi connectivity index (χ3v) is 5.46. The Morgan fingerprint density at radius 3 is 2.42 bits per heavy atom. The van der Waals surface area contributed by atoms with Crippen LogP contribution in [-0.2, 0) is 16.6 Å². The molecule has 1 N–H and O–H groups in total. The molecule has 2 heterocycles. The molecule has 0 amide bonds. The molecule has 0 radical (unpaired) electrons. The molecule has 0 spiro atoms. The minimum atomic E-state index is -3.64. The molecule has 2 rings (SSSR count). The Balaban J connectivity index is 2.35. The fraction of sp³-hybridized carbons (Fsp3) is 0.625. The van der Waals surface area contributed by atoms with Crippen LogP contribution in [0.2, 0.25) is 0 Å². The zero-order chi connectivity index (χ0) is 18.3. The summed E-state index contributed by atoms with van der Waals surface area (Å²) in [5.41, 5.74) is 0.461. The molecule has 0 aliphatic carbocycles. The van der Waals surface area contributed by atoms with Gasteiger partial charge in [0.05, 0.1) is 17.6 Å². The monoisotopic (exact) mass is 354 g/mol. The minimum Gasteiger partial charge on any atom is -0.443 e. The molecule has 0 fully saturated rings. The first-order valence-electron chi connectivity index (χ1n) is 7.93. The lowest BCUT2D eigenvalue weighted by Crippen LogP contribution is -2.40. The second-order valence-corrected chi connectivity index (χ2v) is 8.94. The third kappa shape index (κ3) is 4.05.